The van der Waals surface area contributed by atoms with Crippen molar-refractivity contribution >= 4 is 24.0 Å². The SMILES string of the molecule is CC(CCS)CCN(Cc1cccs1)C(C)C. The van der Waals surface area contributed by atoms with Crippen LogP contribution < -0.4 is 0 Å². The number of nitrogens with zero attached hydrogens (tertiary/aromatic N) is 1. The highest BCUT2D eigenvalue weighted by molar-refractivity contribution is 7.80. The van der Waals surface area contributed by atoms with Crippen LogP contribution in [0.5, 0.6) is 0 Å². The molecule has 1 rings (SSSR count). The summed E-state index contributed by atoms with van der Waals surface area (Å²) in [6.45, 7) is 9.21. The third-order valence-electron chi connectivity index (χ3n) is 3.20. The van der Waals surface area contributed by atoms with E-state index in [-0.39, 0.29) is 0 Å². The lowest BCUT2D eigenvalue weighted by Gasteiger charge is -2.27. The zero-order chi connectivity index (χ0) is 12.7. The molecule has 1 atom stereocenters. The van der Waals surface area contributed by atoms with Crippen molar-refractivity contribution in [3.05, 3.63) is 22.4 Å². The highest BCUT2D eigenvalue weighted by Gasteiger charge is 2.12. The van der Waals surface area contributed by atoms with E-state index in [1.807, 2.05) is 11.3 Å². The van der Waals surface area contributed by atoms with Crippen LogP contribution in [0.4, 0.5) is 0 Å². The Kier molecular flexibility index (Phi) is 7.24. The smallest absolute Gasteiger partial charge is 0.0330 e. The lowest BCUT2D eigenvalue weighted by Crippen LogP contribution is -2.31. The van der Waals surface area contributed by atoms with Crippen LogP contribution in [-0.2, 0) is 6.54 Å². The summed E-state index contributed by atoms with van der Waals surface area (Å²) in [6.07, 6.45) is 2.51. The topological polar surface area (TPSA) is 3.24 Å². The van der Waals surface area contributed by atoms with E-state index in [0.29, 0.717) is 6.04 Å². The predicted molar refractivity (Wildman–Crippen MR) is 82.1 cm³/mol. The molecule has 17 heavy (non-hydrogen) atoms. The highest BCUT2D eigenvalue weighted by Crippen LogP contribution is 2.16. The Hall–Kier alpha value is 0.01000. The van der Waals surface area contributed by atoms with E-state index in [1.165, 1.54) is 24.3 Å². The number of hydrogen-bond donors (Lipinski definition) is 1. The molecule has 0 N–H and O–H groups in total. The van der Waals surface area contributed by atoms with E-state index in [9.17, 15) is 0 Å². The summed E-state index contributed by atoms with van der Waals surface area (Å²) in [5, 5.41) is 2.16. The van der Waals surface area contributed by atoms with Crippen molar-refractivity contribution in [1.82, 2.24) is 4.90 Å². The Morgan fingerprint density at radius 1 is 1.29 bits per heavy atom. The van der Waals surface area contributed by atoms with Gasteiger partial charge in [-0.15, -0.1) is 11.3 Å². The van der Waals surface area contributed by atoms with Gasteiger partial charge in [0.15, 0.2) is 0 Å². The molecule has 3 heteroatoms. The zero-order valence-corrected chi connectivity index (χ0v) is 12.9. The molecular weight excluding hydrogens is 246 g/mol. The summed E-state index contributed by atoms with van der Waals surface area (Å²) >= 11 is 6.16. The standard InChI is InChI=1S/C14H25NS2/c1-12(2)15(8-6-13(3)7-9-16)11-14-5-4-10-17-14/h4-5,10,12-13,16H,6-9,11H2,1-3H3. The molecule has 1 unspecified atom stereocenters. The molecule has 0 amide bonds. The van der Waals surface area contributed by atoms with Gasteiger partial charge in [0.25, 0.3) is 0 Å². The number of thiophene rings is 1. The van der Waals surface area contributed by atoms with Gasteiger partial charge in [-0.05, 0) is 56.4 Å². The molecule has 1 nitrogen and oxygen atoms in total. The van der Waals surface area contributed by atoms with E-state index in [0.717, 1.165) is 18.2 Å². The molecule has 0 saturated heterocycles. The molecule has 0 aliphatic rings. The summed E-state index contributed by atoms with van der Waals surface area (Å²) in [6, 6.07) is 5.00. The first-order chi connectivity index (χ1) is 8.13. The van der Waals surface area contributed by atoms with Gasteiger partial charge in [0.1, 0.15) is 0 Å². The fraction of sp³-hybridized carbons (Fsp3) is 0.714. The Morgan fingerprint density at radius 2 is 2.06 bits per heavy atom. The van der Waals surface area contributed by atoms with Crippen molar-refractivity contribution in [2.24, 2.45) is 5.92 Å². The minimum Gasteiger partial charge on any atom is -0.296 e. The highest BCUT2D eigenvalue weighted by atomic mass is 32.1. The second kappa shape index (κ2) is 8.17. The van der Waals surface area contributed by atoms with Crippen LogP contribution in [0.1, 0.15) is 38.5 Å². The molecule has 0 radical (unpaired) electrons. The van der Waals surface area contributed by atoms with Gasteiger partial charge in [-0.1, -0.05) is 13.0 Å². The van der Waals surface area contributed by atoms with Crippen LogP contribution >= 0.6 is 24.0 Å². The molecule has 0 saturated carbocycles. The van der Waals surface area contributed by atoms with E-state index in [1.54, 1.807) is 0 Å². The second-order valence-corrected chi connectivity index (χ2v) is 6.53. The maximum absolute atomic E-state index is 4.30. The van der Waals surface area contributed by atoms with E-state index in [2.05, 4.69) is 55.8 Å². The van der Waals surface area contributed by atoms with Gasteiger partial charge in [0.05, 0.1) is 0 Å². The largest absolute Gasteiger partial charge is 0.296 e. The van der Waals surface area contributed by atoms with Crippen LogP contribution in [0.25, 0.3) is 0 Å². The fourth-order valence-electron chi connectivity index (χ4n) is 1.87. The van der Waals surface area contributed by atoms with Crippen LogP contribution in [0.3, 0.4) is 0 Å². The van der Waals surface area contributed by atoms with Gasteiger partial charge in [-0.25, -0.2) is 0 Å². The predicted octanol–water partition coefficient (Wildman–Crippen LogP) is 4.30. The van der Waals surface area contributed by atoms with Gasteiger partial charge in [0, 0.05) is 17.5 Å². The van der Waals surface area contributed by atoms with Crippen molar-refractivity contribution in [2.75, 3.05) is 12.3 Å². The Labute approximate surface area is 116 Å². The van der Waals surface area contributed by atoms with Gasteiger partial charge in [-0.3, -0.25) is 4.90 Å². The molecule has 0 aliphatic carbocycles. The first-order valence-electron chi connectivity index (χ1n) is 6.50. The fourth-order valence-corrected chi connectivity index (χ4v) is 3.04. The molecule has 1 aromatic rings. The van der Waals surface area contributed by atoms with Crippen LogP contribution in [0, 0.1) is 5.92 Å². The monoisotopic (exact) mass is 271 g/mol. The molecule has 0 fully saturated rings. The number of rotatable bonds is 8. The molecule has 1 aromatic heterocycles. The quantitative estimate of drug-likeness (QED) is 0.690. The number of thiol groups is 1. The Morgan fingerprint density at radius 3 is 2.59 bits per heavy atom. The first-order valence-corrected chi connectivity index (χ1v) is 8.02. The molecular formula is C14H25NS2. The minimum absolute atomic E-state index is 0.625. The first kappa shape index (κ1) is 15.1. The summed E-state index contributed by atoms with van der Waals surface area (Å²) < 4.78 is 0. The summed E-state index contributed by atoms with van der Waals surface area (Å²) in [7, 11) is 0. The zero-order valence-electron chi connectivity index (χ0n) is 11.2. The van der Waals surface area contributed by atoms with Gasteiger partial charge in [-0.2, -0.15) is 12.6 Å². The lowest BCUT2D eigenvalue weighted by molar-refractivity contribution is 0.200. The molecule has 98 valence electrons. The molecule has 0 spiro atoms. The average molecular weight is 271 g/mol. The van der Waals surface area contributed by atoms with E-state index in [4.69, 9.17) is 0 Å². The van der Waals surface area contributed by atoms with Crippen molar-refractivity contribution in [3.63, 3.8) is 0 Å². The third kappa shape index (κ3) is 5.94. The van der Waals surface area contributed by atoms with Crippen LogP contribution in [0.2, 0.25) is 0 Å². The van der Waals surface area contributed by atoms with Crippen molar-refractivity contribution < 1.29 is 0 Å². The van der Waals surface area contributed by atoms with Crippen molar-refractivity contribution in [2.45, 2.75) is 46.2 Å². The molecule has 1 heterocycles. The summed E-state index contributed by atoms with van der Waals surface area (Å²) in [4.78, 5) is 4.04. The van der Waals surface area contributed by atoms with Crippen molar-refractivity contribution in [1.29, 1.82) is 0 Å². The van der Waals surface area contributed by atoms with Crippen LogP contribution in [-0.4, -0.2) is 23.2 Å². The van der Waals surface area contributed by atoms with Crippen molar-refractivity contribution in [3.8, 4) is 0 Å². The molecule has 0 aromatic carbocycles. The second-order valence-electron chi connectivity index (χ2n) is 5.05. The summed E-state index contributed by atoms with van der Waals surface area (Å²) in [5.41, 5.74) is 0. The normalized spacial score (nSPS) is 13.5. The Bertz CT molecular complexity index is 282. The van der Waals surface area contributed by atoms with Gasteiger partial charge < -0.3 is 0 Å². The van der Waals surface area contributed by atoms with E-state index < -0.39 is 0 Å². The maximum atomic E-state index is 4.30. The maximum Gasteiger partial charge on any atom is 0.0330 e. The van der Waals surface area contributed by atoms with Gasteiger partial charge >= 0.3 is 0 Å². The average Bonchev–Trinajstić information content (AvgIpc) is 2.76. The molecule has 0 aliphatic heterocycles. The summed E-state index contributed by atoms with van der Waals surface area (Å²) in [5.74, 6) is 1.80. The van der Waals surface area contributed by atoms with Crippen LogP contribution in [0.15, 0.2) is 17.5 Å². The third-order valence-corrected chi connectivity index (χ3v) is 4.32. The minimum atomic E-state index is 0.625. The Balaban J connectivity index is 2.38. The molecule has 0 bridgehead atoms. The lowest BCUT2D eigenvalue weighted by atomic mass is 10.0. The van der Waals surface area contributed by atoms with Gasteiger partial charge in [0.2, 0.25) is 0 Å². The number of hydrogen-bond acceptors (Lipinski definition) is 3. The van der Waals surface area contributed by atoms with E-state index >= 15 is 0 Å².